The Morgan fingerprint density at radius 1 is 1.00 bits per heavy atom. The van der Waals surface area contributed by atoms with Crippen LogP contribution < -0.4 is 0 Å². The summed E-state index contributed by atoms with van der Waals surface area (Å²) < 4.78 is 3.55. The summed E-state index contributed by atoms with van der Waals surface area (Å²) in [6.45, 7) is 0. The van der Waals surface area contributed by atoms with E-state index in [0.717, 1.165) is 20.9 Å². The van der Waals surface area contributed by atoms with Gasteiger partial charge in [0, 0.05) is 21.3 Å². The van der Waals surface area contributed by atoms with Gasteiger partial charge in [0.1, 0.15) is 5.69 Å². The molecule has 0 amide bonds. The summed E-state index contributed by atoms with van der Waals surface area (Å²) in [5.74, 6) is 0. The molecule has 0 radical (unpaired) electrons. The molecule has 0 N–H and O–H groups in total. The molecule has 0 spiro atoms. The summed E-state index contributed by atoms with van der Waals surface area (Å²) in [5.41, 5.74) is 2.62. The highest BCUT2D eigenvalue weighted by Gasteiger charge is 2.12. The van der Waals surface area contributed by atoms with Crippen LogP contribution in [0.25, 0.3) is 17.1 Å². The van der Waals surface area contributed by atoms with Gasteiger partial charge < -0.3 is 0 Å². The first kappa shape index (κ1) is 14.2. The molecule has 0 saturated heterocycles. The van der Waals surface area contributed by atoms with Gasteiger partial charge in [-0.25, -0.2) is 4.68 Å². The summed E-state index contributed by atoms with van der Waals surface area (Å²) in [6, 6.07) is 11.4. The van der Waals surface area contributed by atoms with Crippen LogP contribution in [0.2, 0.25) is 0 Å². The van der Waals surface area contributed by atoms with Crippen LogP contribution in [0.5, 0.6) is 0 Å². The number of aldehydes is 1. The molecular weight excluding hydrogens is 398 g/mol. The Hall–Kier alpha value is -1.79. The molecule has 21 heavy (non-hydrogen) atoms. The summed E-state index contributed by atoms with van der Waals surface area (Å²) in [5, 5.41) is 4.47. The fourth-order valence-corrected chi connectivity index (χ4v) is 2.41. The lowest BCUT2D eigenvalue weighted by molar-refractivity contribution is 0.112. The van der Waals surface area contributed by atoms with Crippen molar-refractivity contribution in [1.29, 1.82) is 0 Å². The van der Waals surface area contributed by atoms with Crippen molar-refractivity contribution in [3.05, 3.63) is 63.3 Å². The van der Waals surface area contributed by atoms with Gasteiger partial charge in [0.15, 0.2) is 6.29 Å². The molecule has 0 unspecified atom stereocenters. The summed E-state index contributed by atoms with van der Waals surface area (Å²) in [6.07, 6.45) is 4.18. The molecule has 3 rings (SSSR count). The molecule has 0 bridgehead atoms. The van der Waals surface area contributed by atoms with E-state index in [1.54, 1.807) is 17.1 Å². The summed E-state index contributed by atoms with van der Waals surface area (Å²) in [7, 11) is 0. The number of carbonyl (C=O) groups excluding carboxylic acids is 1. The molecule has 2 heterocycles. The quantitative estimate of drug-likeness (QED) is 0.610. The first-order valence-corrected chi connectivity index (χ1v) is 7.68. The minimum atomic E-state index is 0.507. The molecular formula is C15H9Br2N3O. The number of carbonyl (C=O) groups is 1. The largest absolute Gasteiger partial charge is 0.298 e. The second kappa shape index (κ2) is 5.91. The molecule has 0 aliphatic heterocycles. The zero-order valence-electron chi connectivity index (χ0n) is 10.7. The first-order chi connectivity index (χ1) is 10.2. The third-order valence-electron chi connectivity index (χ3n) is 2.93. The zero-order valence-corrected chi connectivity index (χ0v) is 13.9. The van der Waals surface area contributed by atoms with Gasteiger partial charge in [0.2, 0.25) is 0 Å². The number of rotatable bonds is 3. The zero-order chi connectivity index (χ0) is 14.8. The first-order valence-electron chi connectivity index (χ1n) is 6.10. The number of hydrogen-bond donors (Lipinski definition) is 0. The van der Waals surface area contributed by atoms with Crippen molar-refractivity contribution in [1.82, 2.24) is 14.8 Å². The van der Waals surface area contributed by atoms with Crippen LogP contribution in [-0.4, -0.2) is 21.1 Å². The Labute approximate surface area is 138 Å². The van der Waals surface area contributed by atoms with Crippen molar-refractivity contribution >= 4 is 38.1 Å². The van der Waals surface area contributed by atoms with Crippen molar-refractivity contribution in [3.63, 3.8) is 0 Å². The Balaban J connectivity index is 2.08. The fraction of sp³-hybridized carbons (Fsp3) is 0. The van der Waals surface area contributed by atoms with Crippen molar-refractivity contribution in [2.45, 2.75) is 0 Å². The Bertz CT molecular complexity index is 780. The third kappa shape index (κ3) is 2.96. The van der Waals surface area contributed by atoms with Gasteiger partial charge >= 0.3 is 0 Å². The van der Waals surface area contributed by atoms with Crippen molar-refractivity contribution < 1.29 is 4.79 Å². The fourth-order valence-electron chi connectivity index (χ4n) is 1.91. The normalized spacial score (nSPS) is 10.6. The number of pyridine rings is 1. The molecule has 0 fully saturated rings. The van der Waals surface area contributed by atoms with Crippen molar-refractivity contribution in [3.8, 4) is 17.1 Å². The maximum atomic E-state index is 11.3. The number of nitrogens with zero attached hydrogens (tertiary/aromatic N) is 3. The van der Waals surface area contributed by atoms with Crippen molar-refractivity contribution in [2.24, 2.45) is 0 Å². The Morgan fingerprint density at radius 2 is 1.71 bits per heavy atom. The average Bonchev–Trinajstić information content (AvgIpc) is 2.93. The molecule has 4 nitrogen and oxygen atoms in total. The SMILES string of the molecule is O=Cc1cn(-c2ccc(Br)cc2)nc1-c1ccc(Br)cn1. The van der Waals surface area contributed by atoms with Crippen LogP contribution in [0.4, 0.5) is 0 Å². The lowest BCUT2D eigenvalue weighted by atomic mass is 10.2. The van der Waals surface area contributed by atoms with E-state index >= 15 is 0 Å². The summed E-state index contributed by atoms with van der Waals surface area (Å²) >= 11 is 6.73. The molecule has 0 atom stereocenters. The van der Waals surface area contributed by atoms with Crippen LogP contribution in [-0.2, 0) is 0 Å². The van der Waals surface area contributed by atoms with Crippen LogP contribution in [0.3, 0.4) is 0 Å². The lowest BCUT2D eigenvalue weighted by Gasteiger charge is -2.01. The van der Waals surface area contributed by atoms with Crippen molar-refractivity contribution in [2.75, 3.05) is 0 Å². The molecule has 6 heteroatoms. The van der Waals surface area contributed by atoms with Gasteiger partial charge in [-0.05, 0) is 52.3 Å². The molecule has 2 aromatic heterocycles. The van der Waals surface area contributed by atoms with E-state index in [1.807, 2.05) is 36.4 Å². The van der Waals surface area contributed by atoms with E-state index < -0.39 is 0 Å². The number of benzene rings is 1. The Kier molecular flexibility index (Phi) is 3.98. The number of hydrogen-bond acceptors (Lipinski definition) is 3. The second-order valence-corrected chi connectivity index (χ2v) is 6.16. The van der Waals surface area contributed by atoms with Crippen LogP contribution in [0.1, 0.15) is 10.4 Å². The molecule has 0 aliphatic carbocycles. The third-order valence-corrected chi connectivity index (χ3v) is 3.93. The van der Waals surface area contributed by atoms with E-state index in [0.29, 0.717) is 17.0 Å². The van der Waals surface area contributed by atoms with Crippen LogP contribution >= 0.6 is 31.9 Å². The van der Waals surface area contributed by atoms with E-state index in [-0.39, 0.29) is 0 Å². The monoisotopic (exact) mass is 405 g/mol. The highest BCUT2D eigenvalue weighted by Crippen LogP contribution is 2.22. The molecule has 1 aromatic carbocycles. The van der Waals surface area contributed by atoms with Gasteiger partial charge in [-0.2, -0.15) is 5.10 Å². The smallest absolute Gasteiger partial charge is 0.153 e. The molecule has 0 aliphatic rings. The van der Waals surface area contributed by atoms with E-state index in [2.05, 4.69) is 41.9 Å². The standard InChI is InChI=1S/C15H9Br2N3O/c16-11-1-4-13(5-2-11)20-8-10(9-21)15(19-20)14-6-3-12(17)7-18-14/h1-9H. The van der Waals surface area contributed by atoms with Gasteiger partial charge in [-0.15, -0.1) is 0 Å². The van der Waals surface area contributed by atoms with E-state index in [1.165, 1.54) is 0 Å². The van der Waals surface area contributed by atoms with Crippen LogP contribution in [0.15, 0.2) is 57.7 Å². The topological polar surface area (TPSA) is 47.8 Å². The van der Waals surface area contributed by atoms with Gasteiger partial charge in [0.25, 0.3) is 0 Å². The molecule has 3 aromatic rings. The second-order valence-electron chi connectivity index (χ2n) is 4.33. The number of halogens is 2. The van der Waals surface area contributed by atoms with Crippen LogP contribution in [0, 0.1) is 0 Å². The molecule has 104 valence electrons. The Morgan fingerprint density at radius 3 is 2.33 bits per heavy atom. The highest BCUT2D eigenvalue weighted by atomic mass is 79.9. The van der Waals surface area contributed by atoms with E-state index in [9.17, 15) is 4.79 Å². The maximum Gasteiger partial charge on any atom is 0.153 e. The van der Waals surface area contributed by atoms with Gasteiger partial charge in [0.05, 0.1) is 16.9 Å². The minimum absolute atomic E-state index is 0.507. The van der Waals surface area contributed by atoms with Gasteiger partial charge in [-0.1, -0.05) is 15.9 Å². The van der Waals surface area contributed by atoms with E-state index in [4.69, 9.17) is 0 Å². The molecule has 0 saturated carbocycles. The highest BCUT2D eigenvalue weighted by molar-refractivity contribution is 9.10. The predicted octanol–water partition coefficient (Wildman–Crippen LogP) is 4.27. The predicted molar refractivity (Wildman–Crippen MR) is 87.6 cm³/mol. The summed E-state index contributed by atoms with van der Waals surface area (Å²) in [4.78, 5) is 15.6. The number of aromatic nitrogens is 3. The maximum absolute atomic E-state index is 11.3. The minimum Gasteiger partial charge on any atom is -0.298 e. The average molecular weight is 407 g/mol. The van der Waals surface area contributed by atoms with Gasteiger partial charge in [-0.3, -0.25) is 9.78 Å². The lowest BCUT2D eigenvalue weighted by Crippen LogP contribution is -1.94.